The highest BCUT2D eigenvalue weighted by Crippen LogP contribution is 2.33. The molecular weight excluding hydrogens is 262 g/mol. The summed E-state index contributed by atoms with van der Waals surface area (Å²) >= 11 is 1.74. The van der Waals surface area contributed by atoms with Crippen LogP contribution in [-0.4, -0.2) is 4.98 Å². The van der Waals surface area contributed by atoms with Gasteiger partial charge in [-0.1, -0.05) is 47.7 Å². The molecule has 1 heterocycles. The third-order valence-electron chi connectivity index (χ3n) is 3.65. The van der Waals surface area contributed by atoms with E-state index in [1.54, 1.807) is 11.8 Å². The summed E-state index contributed by atoms with van der Waals surface area (Å²) in [7, 11) is 0. The second-order valence-electron chi connectivity index (χ2n) is 5.10. The van der Waals surface area contributed by atoms with Crippen molar-refractivity contribution in [1.29, 1.82) is 0 Å². The van der Waals surface area contributed by atoms with Gasteiger partial charge in [0, 0.05) is 10.3 Å². The monoisotopic (exact) mass is 279 g/mol. The van der Waals surface area contributed by atoms with E-state index >= 15 is 0 Å². The summed E-state index contributed by atoms with van der Waals surface area (Å²) < 4.78 is 0. The zero-order valence-electron chi connectivity index (χ0n) is 12.0. The quantitative estimate of drug-likeness (QED) is 0.630. The maximum atomic E-state index is 4.82. The molecule has 0 fully saturated rings. The van der Waals surface area contributed by atoms with Gasteiger partial charge in [0.15, 0.2) is 0 Å². The lowest BCUT2D eigenvalue weighted by molar-refractivity contribution is 1.10. The average Bonchev–Trinajstić information content (AvgIpc) is 2.47. The van der Waals surface area contributed by atoms with E-state index < -0.39 is 0 Å². The highest BCUT2D eigenvalue weighted by Gasteiger charge is 2.09. The van der Waals surface area contributed by atoms with Crippen LogP contribution in [0.15, 0.2) is 58.5 Å². The smallest absolute Gasteiger partial charge is 0.105 e. The molecule has 0 N–H and O–H groups in total. The Morgan fingerprint density at radius 2 is 1.50 bits per heavy atom. The molecule has 0 saturated heterocycles. The molecule has 0 atom stereocenters. The fraction of sp³-hybridized carbons (Fsp3) is 0.167. The Morgan fingerprint density at radius 1 is 0.800 bits per heavy atom. The molecular formula is C18H17NS. The summed E-state index contributed by atoms with van der Waals surface area (Å²) in [5.74, 6) is 0. The first-order valence-corrected chi connectivity index (χ1v) is 7.57. The number of rotatable bonds is 2. The second kappa shape index (κ2) is 5.29. The van der Waals surface area contributed by atoms with Gasteiger partial charge in [-0.3, -0.25) is 0 Å². The molecule has 1 nitrogen and oxygen atoms in total. The van der Waals surface area contributed by atoms with Crippen LogP contribution in [-0.2, 0) is 0 Å². The predicted molar refractivity (Wildman–Crippen MR) is 86.5 cm³/mol. The average molecular weight is 279 g/mol. The second-order valence-corrected chi connectivity index (χ2v) is 6.16. The predicted octanol–water partition coefficient (Wildman–Crippen LogP) is 5.31. The first-order chi connectivity index (χ1) is 9.65. The number of para-hydroxylation sites is 1. The van der Waals surface area contributed by atoms with Gasteiger partial charge in [-0.2, -0.15) is 0 Å². The van der Waals surface area contributed by atoms with E-state index in [9.17, 15) is 0 Å². The van der Waals surface area contributed by atoms with Crippen molar-refractivity contribution in [1.82, 2.24) is 4.98 Å². The van der Waals surface area contributed by atoms with Gasteiger partial charge in [-0.05, 0) is 50.1 Å². The van der Waals surface area contributed by atoms with E-state index in [0.29, 0.717) is 0 Å². The molecule has 0 spiro atoms. The maximum Gasteiger partial charge on any atom is 0.105 e. The Kier molecular flexibility index (Phi) is 3.49. The van der Waals surface area contributed by atoms with E-state index in [1.165, 1.54) is 27.0 Å². The number of aromatic nitrogens is 1. The number of hydrogen-bond donors (Lipinski definition) is 0. The Labute approximate surface area is 124 Å². The van der Waals surface area contributed by atoms with Crippen molar-refractivity contribution in [2.75, 3.05) is 0 Å². The van der Waals surface area contributed by atoms with Crippen LogP contribution < -0.4 is 0 Å². The van der Waals surface area contributed by atoms with E-state index in [0.717, 1.165) is 10.5 Å². The number of nitrogens with zero attached hydrogens (tertiary/aromatic N) is 1. The zero-order valence-corrected chi connectivity index (χ0v) is 12.8. The zero-order chi connectivity index (χ0) is 14.1. The first kappa shape index (κ1) is 13.2. The largest absolute Gasteiger partial charge is 0.241 e. The molecule has 3 rings (SSSR count). The molecule has 0 amide bonds. The standard InChI is InChI=1S/C18H17NS/c1-12-8-10-15(11-9-12)20-18-14(3)13(2)16-6-4-5-7-17(16)19-18/h4-11H,1-3H3. The molecule has 20 heavy (non-hydrogen) atoms. The van der Waals surface area contributed by atoms with E-state index in [4.69, 9.17) is 4.98 Å². The summed E-state index contributed by atoms with van der Waals surface area (Å²) in [6.07, 6.45) is 0. The number of pyridine rings is 1. The highest BCUT2D eigenvalue weighted by atomic mass is 32.2. The highest BCUT2D eigenvalue weighted by molar-refractivity contribution is 7.99. The molecule has 2 aromatic carbocycles. The Balaban J connectivity index is 2.07. The van der Waals surface area contributed by atoms with Crippen molar-refractivity contribution in [3.8, 4) is 0 Å². The van der Waals surface area contributed by atoms with Gasteiger partial charge in [0.2, 0.25) is 0 Å². The van der Waals surface area contributed by atoms with E-state index in [2.05, 4.69) is 63.2 Å². The van der Waals surface area contributed by atoms with Gasteiger partial charge in [0.05, 0.1) is 5.52 Å². The molecule has 0 aliphatic carbocycles. The number of hydrogen-bond acceptors (Lipinski definition) is 2. The van der Waals surface area contributed by atoms with E-state index in [1.807, 2.05) is 6.07 Å². The topological polar surface area (TPSA) is 12.9 Å². The van der Waals surface area contributed by atoms with Crippen molar-refractivity contribution in [2.45, 2.75) is 30.7 Å². The van der Waals surface area contributed by atoms with Crippen molar-refractivity contribution in [2.24, 2.45) is 0 Å². The summed E-state index contributed by atoms with van der Waals surface area (Å²) in [6.45, 7) is 6.45. The Morgan fingerprint density at radius 3 is 2.25 bits per heavy atom. The number of fused-ring (bicyclic) bond motifs is 1. The molecule has 0 unspecified atom stereocenters. The summed E-state index contributed by atoms with van der Waals surface area (Å²) in [4.78, 5) is 6.05. The molecule has 0 saturated carbocycles. The van der Waals surface area contributed by atoms with Crippen LogP contribution in [0.25, 0.3) is 10.9 Å². The van der Waals surface area contributed by atoms with Crippen LogP contribution in [0.2, 0.25) is 0 Å². The third-order valence-corrected chi connectivity index (χ3v) is 4.75. The van der Waals surface area contributed by atoms with Crippen molar-refractivity contribution in [3.05, 3.63) is 65.2 Å². The molecule has 2 heteroatoms. The molecule has 0 aliphatic heterocycles. The van der Waals surface area contributed by atoms with Crippen LogP contribution in [0.5, 0.6) is 0 Å². The lowest BCUT2D eigenvalue weighted by atomic mass is 10.1. The lowest BCUT2D eigenvalue weighted by Crippen LogP contribution is -1.92. The van der Waals surface area contributed by atoms with Crippen molar-refractivity contribution < 1.29 is 0 Å². The third kappa shape index (κ3) is 2.44. The van der Waals surface area contributed by atoms with Crippen LogP contribution in [0.3, 0.4) is 0 Å². The van der Waals surface area contributed by atoms with Crippen LogP contribution in [0.1, 0.15) is 16.7 Å². The summed E-state index contributed by atoms with van der Waals surface area (Å²) in [6, 6.07) is 17.0. The van der Waals surface area contributed by atoms with E-state index in [-0.39, 0.29) is 0 Å². The van der Waals surface area contributed by atoms with Crippen LogP contribution >= 0.6 is 11.8 Å². The molecule has 0 aliphatic rings. The maximum absolute atomic E-state index is 4.82. The van der Waals surface area contributed by atoms with Crippen molar-refractivity contribution >= 4 is 22.7 Å². The lowest BCUT2D eigenvalue weighted by Gasteiger charge is -2.11. The minimum Gasteiger partial charge on any atom is -0.241 e. The Bertz CT molecular complexity index is 760. The first-order valence-electron chi connectivity index (χ1n) is 6.75. The molecule has 3 aromatic rings. The van der Waals surface area contributed by atoms with Gasteiger partial charge in [-0.25, -0.2) is 4.98 Å². The minimum absolute atomic E-state index is 1.07. The normalized spacial score (nSPS) is 10.9. The summed E-state index contributed by atoms with van der Waals surface area (Å²) in [5.41, 5.74) is 4.96. The fourth-order valence-electron chi connectivity index (χ4n) is 2.26. The number of aryl methyl sites for hydroxylation is 2. The van der Waals surface area contributed by atoms with Crippen LogP contribution in [0.4, 0.5) is 0 Å². The minimum atomic E-state index is 1.07. The molecule has 100 valence electrons. The SMILES string of the molecule is Cc1ccc(Sc2nc3ccccc3c(C)c2C)cc1. The van der Waals surface area contributed by atoms with Crippen molar-refractivity contribution in [3.63, 3.8) is 0 Å². The van der Waals surface area contributed by atoms with Gasteiger partial charge in [0.1, 0.15) is 5.03 Å². The molecule has 0 radical (unpaired) electrons. The van der Waals surface area contributed by atoms with Gasteiger partial charge >= 0.3 is 0 Å². The molecule has 1 aromatic heterocycles. The van der Waals surface area contributed by atoms with Gasteiger partial charge in [-0.15, -0.1) is 0 Å². The van der Waals surface area contributed by atoms with Gasteiger partial charge in [0.25, 0.3) is 0 Å². The Hall–Kier alpha value is -1.80. The van der Waals surface area contributed by atoms with Gasteiger partial charge < -0.3 is 0 Å². The fourth-order valence-corrected chi connectivity index (χ4v) is 3.21. The van der Waals surface area contributed by atoms with Crippen LogP contribution in [0, 0.1) is 20.8 Å². The molecule has 0 bridgehead atoms. The summed E-state index contributed by atoms with van der Waals surface area (Å²) in [5, 5.41) is 2.35. The number of benzene rings is 2.